The van der Waals surface area contributed by atoms with Crippen LogP contribution in [0.5, 0.6) is 0 Å². The van der Waals surface area contributed by atoms with Gasteiger partial charge in [-0.2, -0.15) is 0 Å². The van der Waals surface area contributed by atoms with Gasteiger partial charge in [-0.15, -0.1) is 0 Å². The van der Waals surface area contributed by atoms with Crippen molar-refractivity contribution in [3.8, 4) is 0 Å². The minimum absolute atomic E-state index is 0.577. The summed E-state index contributed by atoms with van der Waals surface area (Å²) in [6, 6.07) is 9.18. The van der Waals surface area contributed by atoms with Crippen molar-refractivity contribution in [1.82, 2.24) is 5.32 Å². The Labute approximate surface area is 105 Å². The maximum absolute atomic E-state index is 5.09. The number of ether oxygens (including phenoxy) is 1. The Bertz CT molecular complexity index is 305. The largest absolute Gasteiger partial charge is 0.380 e. The van der Waals surface area contributed by atoms with Gasteiger partial charge >= 0.3 is 0 Å². The summed E-state index contributed by atoms with van der Waals surface area (Å²) in [6.45, 7) is 8.41. The Hall–Kier alpha value is -0.860. The summed E-state index contributed by atoms with van der Waals surface area (Å²) in [5, 5.41) is 3.55. The van der Waals surface area contributed by atoms with Crippen molar-refractivity contribution < 1.29 is 4.74 Å². The van der Waals surface area contributed by atoms with Gasteiger partial charge in [0.2, 0.25) is 0 Å². The van der Waals surface area contributed by atoms with Gasteiger partial charge in [-0.05, 0) is 30.4 Å². The van der Waals surface area contributed by atoms with Crippen molar-refractivity contribution in [2.45, 2.75) is 46.4 Å². The molecule has 0 saturated carbocycles. The Morgan fingerprint density at radius 3 is 2.18 bits per heavy atom. The van der Waals surface area contributed by atoms with Crippen molar-refractivity contribution in [3.63, 3.8) is 0 Å². The third-order valence-electron chi connectivity index (χ3n) is 2.81. The lowest BCUT2D eigenvalue weighted by atomic mass is 10.0. The second-order valence-electron chi connectivity index (χ2n) is 5.16. The van der Waals surface area contributed by atoms with Crippen molar-refractivity contribution in [3.05, 3.63) is 35.4 Å². The smallest absolute Gasteiger partial charge is 0.0713 e. The zero-order valence-electron chi connectivity index (χ0n) is 11.5. The third kappa shape index (κ3) is 5.85. The van der Waals surface area contributed by atoms with Gasteiger partial charge < -0.3 is 10.1 Å². The fourth-order valence-corrected chi connectivity index (χ4v) is 2.00. The third-order valence-corrected chi connectivity index (χ3v) is 2.81. The molecule has 0 aromatic heterocycles. The minimum Gasteiger partial charge on any atom is -0.380 e. The first kappa shape index (κ1) is 14.2. The number of benzene rings is 1. The summed E-state index contributed by atoms with van der Waals surface area (Å²) in [5.41, 5.74) is 2.56. The molecule has 2 nitrogen and oxygen atoms in total. The quantitative estimate of drug-likeness (QED) is 0.782. The molecule has 0 amide bonds. The van der Waals surface area contributed by atoms with Crippen LogP contribution < -0.4 is 5.32 Å². The number of hydrogen-bond donors (Lipinski definition) is 1. The van der Waals surface area contributed by atoms with Crippen molar-refractivity contribution in [2.24, 2.45) is 5.92 Å². The number of hydrogen-bond acceptors (Lipinski definition) is 2. The van der Waals surface area contributed by atoms with E-state index in [1.165, 1.54) is 17.5 Å². The van der Waals surface area contributed by atoms with E-state index in [1.54, 1.807) is 7.11 Å². The van der Waals surface area contributed by atoms with Gasteiger partial charge in [0.1, 0.15) is 0 Å². The lowest BCUT2D eigenvalue weighted by Crippen LogP contribution is -2.26. The standard InChI is InChI=1S/C15H25NO/c1-12(2)9-13(3)16-10-14-5-7-15(8-6-14)11-17-4/h5-8,12-13,16H,9-11H2,1-4H3. The van der Waals surface area contributed by atoms with E-state index in [-0.39, 0.29) is 0 Å². The highest BCUT2D eigenvalue weighted by Crippen LogP contribution is 2.07. The molecule has 1 unspecified atom stereocenters. The molecule has 0 spiro atoms. The molecule has 17 heavy (non-hydrogen) atoms. The zero-order valence-corrected chi connectivity index (χ0v) is 11.5. The molecule has 0 heterocycles. The van der Waals surface area contributed by atoms with Crippen LogP contribution in [-0.2, 0) is 17.9 Å². The van der Waals surface area contributed by atoms with Crippen LogP contribution in [-0.4, -0.2) is 13.2 Å². The van der Waals surface area contributed by atoms with Crippen LogP contribution in [0.4, 0.5) is 0 Å². The topological polar surface area (TPSA) is 21.3 Å². The molecule has 96 valence electrons. The van der Waals surface area contributed by atoms with Crippen molar-refractivity contribution >= 4 is 0 Å². The Balaban J connectivity index is 2.36. The second kappa shape index (κ2) is 7.46. The molecule has 0 aliphatic heterocycles. The highest BCUT2D eigenvalue weighted by Gasteiger charge is 2.04. The Morgan fingerprint density at radius 2 is 1.65 bits per heavy atom. The monoisotopic (exact) mass is 235 g/mol. The van der Waals surface area contributed by atoms with Crippen LogP contribution in [0.15, 0.2) is 24.3 Å². The summed E-state index contributed by atoms with van der Waals surface area (Å²) in [7, 11) is 1.73. The van der Waals surface area contributed by atoms with E-state index in [0.717, 1.165) is 12.5 Å². The minimum atomic E-state index is 0.577. The van der Waals surface area contributed by atoms with E-state index in [9.17, 15) is 0 Å². The summed E-state index contributed by atoms with van der Waals surface area (Å²) in [4.78, 5) is 0. The van der Waals surface area contributed by atoms with Gasteiger partial charge in [0, 0.05) is 19.7 Å². The van der Waals surface area contributed by atoms with Gasteiger partial charge in [0.25, 0.3) is 0 Å². The molecule has 1 rings (SSSR count). The molecule has 0 bridgehead atoms. The molecule has 0 aliphatic rings. The molecule has 1 aromatic rings. The van der Waals surface area contributed by atoms with Crippen LogP contribution in [0.3, 0.4) is 0 Å². The van der Waals surface area contributed by atoms with Crippen LogP contribution in [0.2, 0.25) is 0 Å². The number of rotatable bonds is 7. The molecule has 1 atom stereocenters. The van der Waals surface area contributed by atoms with Gasteiger partial charge in [-0.25, -0.2) is 0 Å². The SMILES string of the molecule is COCc1ccc(CNC(C)CC(C)C)cc1. The highest BCUT2D eigenvalue weighted by molar-refractivity contribution is 5.21. The van der Waals surface area contributed by atoms with E-state index >= 15 is 0 Å². The zero-order chi connectivity index (χ0) is 12.7. The maximum Gasteiger partial charge on any atom is 0.0713 e. The van der Waals surface area contributed by atoms with Crippen molar-refractivity contribution in [2.75, 3.05) is 7.11 Å². The van der Waals surface area contributed by atoms with E-state index in [4.69, 9.17) is 4.74 Å². The van der Waals surface area contributed by atoms with Gasteiger partial charge in [0.15, 0.2) is 0 Å². The molecular weight excluding hydrogens is 210 g/mol. The lowest BCUT2D eigenvalue weighted by molar-refractivity contribution is 0.185. The van der Waals surface area contributed by atoms with Gasteiger partial charge in [0.05, 0.1) is 6.61 Å². The van der Waals surface area contributed by atoms with Crippen molar-refractivity contribution in [1.29, 1.82) is 0 Å². The van der Waals surface area contributed by atoms with Crippen LogP contribution in [0, 0.1) is 5.92 Å². The first-order chi connectivity index (χ1) is 8.11. The fraction of sp³-hybridized carbons (Fsp3) is 0.600. The average Bonchev–Trinajstić information content (AvgIpc) is 2.28. The fourth-order valence-electron chi connectivity index (χ4n) is 2.00. The molecule has 0 radical (unpaired) electrons. The van der Waals surface area contributed by atoms with E-state index < -0.39 is 0 Å². The molecule has 2 heteroatoms. The maximum atomic E-state index is 5.09. The summed E-state index contributed by atoms with van der Waals surface area (Å²) in [5.74, 6) is 0.751. The summed E-state index contributed by atoms with van der Waals surface area (Å²) in [6.07, 6.45) is 1.22. The molecule has 1 N–H and O–H groups in total. The highest BCUT2D eigenvalue weighted by atomic mass is 16.5. The molecule has 0 saturated heterocycles. The van der Waals surface area contributed by atoms with Crippen LogP contribution >= 0.6 is 0 Å². The normalized spacial score (nSPS) is 13.0. The predicted molar refractivity (Wildman–Crippen MR) is 72.9 cm³/mol. The first-order valence-electron chi connectivity index (χ1n) is 6.42. The number of methoxy groups -OCH3 is 1. The van der Waals surface area contributed by atoms with E-state index in [1.807, 2.05) is 0 Å². The van der Waals surface area contributed by atoms with Crippen LogP contribution in [0.25, 0.3) is 0 Å². The number of nitrogens with one attached hydrogen (secondary N) is 1. The second-order valence-corrected chi connectivity index (χ2v) is 5.16. The van der Waals surface area contributed by atoms with E-state index in [0.29, 0.717) is 12.6 Å². The molecule has 1 aromatic carbocycles. The van der Waals surface area contributed by atoms with Crippen LogP contribution in [0.1, 0.15) is 38.3 Å². The Morgan fingerprint density at radius 1 is 1.06 bits per heavy atom. The summed E-state index contributed by atoms with van der Waals surface area (Å²) < 4.78 is 5.09. The molecule has 0 fully saturated rings. The average molecular weight is 235 g/mol. The molecule has 0 aliphatic carbocycles. The Kier molecular flexibility index (Phi) is 6.23. The summed E-state index contributed by atoms with van der Waals surface area (Å²) >= 11 is 0. The predicted octanol–water partition coefficient (Wildman–Crippen LogP) is 3.36. The first-order valence-corrected chi connectivity index (χ1v) is 6.42. The van der Waals surface area contributed by atoms with Gasteiger partial charge in [-0.1, -0.05) is 38.1 Å². The van der Waals surface area contributed by atoms with E-state index in [2.05, 4.69) is 50.4 Å². The lowest BCUT2D eigenvalue weighted by Gasteiger charge is -2.16. The molecular formula is C15H25NO. The van der Waals surface area contributed by atoms with Gasteiger partial charge in [-0.3, -0.25) is 0 Å².